The molecule has 1 nitrogen and oxygen atoms in total. The molecule has 0 aliphatic heterocycles. The molecule has 0 radical (unpaired) electrons. The van der Waals surface area contributed by atoms with Crippen LogP contribution in [0.25, 0.3) is 0 Å². The first-order valence-corrected chi connectivity index (χ1v) is 8.70. The van der Waals surface area contributed by atoms with Gasteiger partial charge in [0.05, 0.1) is 11.6 Å². The third-order valence-corrected chi connectivity index (χ3v) is 5.02. The van der Waals surface area contributed by atoms with Gasteiger partial charge in [-0.25, -0.2) is 0 Å². The molecule has 1 aliphatic carbocycles. The van der Waals surface area contributed by atoms with Crippen molar-refractivity contribution in [2.24, 2.45) is 11.8 Å². The minimum absolute atomic E-state index is 0.572. The third-order valence-electron chi connectivity index (χ3n) is 5.02. The van der Waals surface area contributed by atoms with E-state index in [-0.39, 0.29) is 0 Å². The Morgan fingerprint density at radius 3 is 2.12 bits per heavy atom. The molecule has 130 valence electrons. The Labute approximate surface area is 142 Å². The van der Waals surface area contributed by atoms with Gasteiger partial charge in [0.15, 0.2) is 0 Å². The van der Waals surface area contributed by atoms with Gasteiger partial charge < -0.3 is 0 Å². The molecule has 0 unspecified atom stereocenters. The van der Waals surface area contributed by atoms with E-state index in [1.165, 1.54) is 37.8 Å². The van der Waals surface area contributed by atoms with Gasteiger partial charge in [-0.3, -0.25) is 0 Å². The van der Waals surface area contributed by atoms with Crippen molar-refractivity contribution in [2.75, 3.05) is 0 Å². The molecule has 0 amide bonds. The summed E-state index contributed by atoms with van der Waals surface area (Å²) in [6.45, 7) is 0. The molecule has 0 bridgehead atoms. The highest BCUT2D eigenvalue weighted by molar-refractivity contribution is 5.24. The SMILES string of the molecule is N#CC=CCCC1CCC(CCc2ccc(C(F)(F)F)cc2)CC1. The van der Waals surface area contributed by atoms with E-state index in [9.17, 15) is 13.2 Å². The third kappa shape index (κ3) is 6.03. The van der Waals surface area contributed by atoms with Crippen LogP contribution in [0.5, 0.6) is 0 Å². The summed E-state index contributed by atoms with van der Waals surface area (Å²) in [7, 11) is 0. The van der Waals surface area contributed by atoms with Gasteiger partial charge in [0, 0.05) is 6.08 Å². The molecule has 0 atom stereocenters. The van der Waals surface area contributed by atoms with Gasteiger partial charge in [0.1, 0.15) is 0 Å². The van der Waals surface area contributed by atoms with Crippen LogP contribution in [0.4, 0.5) is 13.2 Å². The van der Waals surface area contributed by atoms with Crippen LogP contribution in [0.15, 0.2) is 36.4 Å². The summed E-state index contributed by atoms with van der Waals surface area (Å²) >= 11 is 0. The molecule has 1 aliphatic rings. The van der Waals surface area contributed by atoms with Crippen LogP contribution in [0.3, 0.4) is 0 Å². The zero-order valence-electron chi connectivity index (χ0n) is 13.9. The Hall–Kier alpha value is -1.76. The summed E-state index contributed by atoms with van der Waals surface area (Å²) in [6, 6.07) is 7.59. The lowest BCUT2D eigenvalue weighted by Crippen LogP contribution is -2.15. The lowest BCUT2D eigenvalue weighted by molar-refractivity contribution is -0.137. The van der Waals surface area contributed by atoms with Crippen LogP contribution in [-0.4, -0.2) is 0 Å². The molecule has 0 spiro atoms. The van der Waals surface area contributed by atoms with Crippen LogP contribution in [0.1, 0.15) is 56.1 Å². The summed E-state index contributed by atoms with van der Waals surface area (Å²) in [4.78, 5) is 0. The number of hydrogen-bond acceptors (Lipinski definition) is 1. The highest BCUT2D eigenvalue weighted by atomic mass is 19.4. The number of halogens is 3. The zero-order chi connectivity index (χ0) is 17.4. The van der Waals surface area contributed by atoms with Gasteiger partial charge in [-0.1, -0.05) is 43.9 Å². The number of allylic oxidation sites excluding steroid dienone is 2. The second-order valence-electron chi connectivity index (χ2n) is 6.73. The normalized spacial score (nSPS) is 21.8. The van der Waals surface area contributed by atoms with Crippen molar-refractivity contribution in [2.45, 2.75) is 57.5 Å². The fourth-order valence-electron chi connectivity index (χ4n) is 3.51. The molecule has 4 heteroatoms. The van der Waals surface area contributed by atoms with Crippen molar-refractivity contribution < 1.29 is 13.2 Å². The molecule has 0 heterocycles. The molecular formula is C20H24F3N. The van der Waals surface area contributed by atoms with Crippen molar-refractivity contribution in [1.29, 1.82) is 5.26 Å². The molecule has 1 fully saturated rings. The minimum Gasteiger partial charge on any atom is -0.193 e. The Balaban J connectivity index is 1.69. The summed E-state index contributed by atoms with van der Waals surface area (Å²) in [6.07, 6.45) is 8.20. The Kier molecular flexibility index (Phi) is 6.90. The maximum absolute atomic E-state index is 12.5. The van der Waals surface area contributed by atoms with Crippen LogP contribution in [0, 0.1) is 23.2 Å². The Bertz CT molecular complexity index is 558. The second-order valence-corrected chi connectivity index (χ2v) is 6.73. The maximum atomic E-state index is 12.5. The van der Waals surface area contributed by atoms with Gasteiger partial charge in [0.25, 0.3) is 0 Å². The second kappa shape index (κ2) is 8.92. The number of nitriles is 1. The highest BCUT2D eigenvalue weighted by Crippen LogP contribution is 2.34. The van der Waals surface area contributed by atoms with Gasteiger partial charge in [-0.15, -0.1) is 0 Å². The predicted molar refractivity (Wildman–Crippen MR) is 89.2 cm³/mol. The molecule has 0 N–H and O–H groups in total. The molecule has 2 rings (SSSR count). The lowest BCUT2D eigenvalue weighted by Gasteiger charge is -2.28. The lowest BCUT2D eigenvalue weighted by atomic mass is 9.78. The molecule has 0 saturated heterocycles. The Morgan fingerprint density at radius 2 is 1.58 bits per heavy atom. The van der Waals surface area contributed by atoms with E-state index < -0.39 is 11.7 Å². The van der Waals surface area contributed by atoms with Gasteiger partial charge >= 0.3 is 6.18 Å². The van der Waals surface area contributed by atoms with Crippen molar-refractivity contribution in [3.8, 4) is 6.07 Å². The maximum Gasteiger partial charge on any atom is 0.416 e. The number of alkyl halides is 3. The van der Waals surface area contributed by atoms with E-state index in [2.05, 4.69) is 0 Å². The monoisotopic (exact) mass is 335 g/mol. The average Bonchev–Trinajstić information content (AvgIpc) is 2.57. The van der Waals surface area contributed by atoms with Crippen LogP contribution in [-0.2, 0) is 12.6 Å². The number of rotatable bonds is 6. The van der Waals surface area contributed by atoms with E-state index in [0.29, 0.717) is 5.92 Å². The molecule has 0 aromatic heterocycles. The molecule has 1 aromatic rings. The van der Waals surface area contributed by atoms with E-state index in [4.69, 9.17) is 5.26 Å². The van der Waals surface area contributed by atoms with E-state index in [1.807, 2.05) is 12.1 Å². The van der Waals surface area contributed by atoms with Gasteiger partial charge in [0.2, 0.25) is 0 Å². The quantitative estimate of drug-likeness (QED) is 0.559. The van der Waals surface area contributed by atoms with Crippen LogP contribution < -0.4 is 0 Å². The fraction of sp³-hybridized carbons (Fsp3) is 0.550. The first kappa shape index (κ1) is 18.6. The largest absolute Gasteiger partial charge is 0.416 e. The van der Waals surface area contributed by atoms with Crippen molar-refractivity contribution in [3.05, 3.63) is 47.5 Å². The van der Waals surface area contributed by atoms with Crippen molar-refractivity contribution in [3.63, 3.8) is 0 Å². The van der Waals surface area contributed by atoms with E-state index in [1.54, 1.807) is 18.2 Å². The molecule has 24 heavy (non-hydrogen) atoms. The summed E-state index contributed by atoms with van der Waals surface area (Å²) in [5, 5.41) is 8.45. The minimum atomic E-state index is -4.25. The molecule has 1 aromatic carbocycles. The predicted octanol–water partition coefficient (Wildman–Crippen LogP) is 6.30. The topological polar surface area (TPSA) is 23.8 Å². The summed E-state index contributed by atoms with van der Waals surface area (Å²) in [5.74, 6) is 1.45. The number of benzene rings is 1. The summed E-state index contributed by atoms with van der Waals surface area (Å²) in [5.41, 5.74) is 0.420. The first-order valence-electron chi connectivity index (χ1n) is 8.70. The van der Waals surface area contributed by atoms with Crippen molar-refractivity contribution >= 4 is 0 Å². The number of hydrogen-bond donors (Lipinski definition) is 0. The van der Waals surface area contributed by atoms with Crippen LogP contribution >= 0.6 is 0 Å². The smallest absolute Gasteiger partial charge is 0.193 e. The Morgan fingerprint density at radius 1 is 1.00 bits per heavy atom. The van der Waals surface area contributed by atoms with E-state index >= 15 is 0 Å². The summed E-state index contributed by atoms with van der Waals surface area (Å²) < 4.78 is 37.6. The molecule has 1 saturated carbocycles. The fourth-order valence-corrected chi connectivity index (χ4v) is 3.51. The first-order chi connectivity index (χ1) is 11.5. The molecular weight excluding hydrogens is 311 g/mol. The average molecular weight is 335 g/mol. The standard InChI is InChI=1S/C20H24F3N/c21-20(22,23)19-13-11-18(12-14-19)10-9-17-7-5-16(6-8-17)4-2-1-3-15-24/h1,3,11-14,16-17H,2,4-10H2. The number of aryl methyl sites for hydroxylation is 1. The van der Waals surface area contributed by atoms with Gasteiger partial charge in [-0.05, 0) is 55.2 Å². The number of nitrogens with zero attached hydrogens (tertiary/aromatic N) is 1. The van der Waals surface area contributed by atoms with Crippen LogP contribution in [0.2, 0.25) is 0 Å². The highest BCUT2D eigenvalue weighted by Gasteiger charge is 2.30. The van der Waals surface area contributed by atoms with E-state index in [0.717, 1.165) is 37.2 Å². The van der Waals surface area contributed by atoms with Gasteiger partial charge in [-0.2, -0.15) is 18.4 Å². The zero-order valence-corrected chi connectivity index (χ0v) is 13.9. The van der Waals surface area contributed by atoms with Crippen molar-refractivity contribution in [1.82, 2.24) is 0 Å².